The zero-order chi connectivity index (χ0) is 11.7. The van der Waals surface area contributed by atoms with Crippen LogP contribution in [-0.4, -0.2) is 11.1 Å². The fourth-order valence-electron chi connectivity index (χ4n) is 2.47. The van der Waals surface area contributed by atoms with Gasteiger partial charge in [-0.25, -0.2) is 0 Å². The second-order valence-electron chi connectivity index (χ2n) is 4.90. The van der Waals surface area contributed by atoms with Crippen molar-refractivity contribution in [2.45, 2.75) is 26.2 Å². The van der Waals surface area contributed by atoms with Crippen LogP contribution in [0.2, 0.25) is 0 Å². The summed E-state index contributed by atoms with van der Waals surface area (Å²) < 4.78 is 0. The Balaban J connectivity index is 1.99. The van der Waals surface area contributed by atoms with Crippen LogP contribution in [-0.2, 0) is 4.79 Å². The van der Waals surface area contributed by atoms with Crippen LogP contribution in [0.3, 0.4) is 0 Å². The normalized spacial score (nSPS) is 27.1. The smallest absolute Gasteiger partial charge is 0.306 e. The van der Waals surface area contributed by atoms with Gasteiger partial charge in [0.2, 0.25) is 0 Å². The van der Waals surface area contributed by atoms with Gasteiger partial charge in [0.15, 0.2) is 0 Å². The summed E-state index contributed by atoms with van der Waals surface area (Å²) in [4.78, 5) is 10.9. The molecule has 4 atom stereocenters. The van der Waals surface area contributed by atoms with Crippen molar-refractivity contribution >= 4 is 5.97 Å². The monoisotopic (exact) mass is 218 g/mol. The molecule has 1 aromatic carbocycles. The molecule has 2 rings (SSSR count). The molecule has 2 nitrogen and oxygen atoms in total. The summed E-state index contributed by atoms with van der Waals surface area (Å²) in [5, 5.41) is 8.99. The molecule has 1 N–H and O–H groups in total. The molecule has 1 saturated carbocycles. The van der Waals surface area contributed by atoms with Gasteiger partial charge in [0.25, 0.3) is 0 Å². The second kappa shape index (κ2) is 4.28. The quantitative estimate of drug-likeness (QED) is 0.843. The number of aliphatic carboxylic acids is 1. The zero-order valence-electron chi connectivity index (χ0n) is 9.76. The minimum Gasteiger partial charge on any atom is -0.481 e. The van der Waals surface area contributed by atoms with Crippen molar-refractivity contribution < 1.29 is 9.90 Å². The first-order valence-electron chi connectivity index (χ1n) is 5.89. The molecular weight excluding hydrogens is 200 g/mol. The Morgan fingerprint density at radius 1 is 1.31 bits per heavy atom. The first-order chi connectivity index (χ1) is 7.61. The first kappa shape index (κ1) is 11.2. The van der Waals surface area contributed by atoms with Crippen molar-refractivity contribution in [2.75, 3.05) is 0 Å². The molecule has 0 amide bonds. The van der Waals surface area contributed by atoms with E-state index in [2.05, 4.69) is 31.2 Å². The largest absolute Gasteiger partial charge is 0.481 e. The van der Waals surface area contributed by atoms with Gasteiger partial charge in [-0.2, -0.15) is 0 Å². The van der Waals surface area contributed by atoms with Gasteiger partial charge in [-0.15, -0.1) is 0 Å². The molecule has 0 aromatic heterocycles. The number of carboxylic acids is 1. The molecule has 0 heterocycles. The van der Waals surface area contributed by atoms with Crippen molar-refractivity contribution in [1.82, 2.24) is 0 Å². The number of carboxylic acid groups (broad SMARTS) is 1. The van der Waals surface area contributed by atoms with Crippen LogP contribution < -0.4 is 0 Å². The molecular formula is C14H18O2. The van der Waals surface area contributed by atoms with Crippen LogP contribution in [0.1, 0.15) is 31.7 Å². The molecule has 4 unspecified atom stereocenters. The molecule has 1 aromatic rings. The molecule has 1 fully saturated rings. The van der Waals surface area contributed by atoms with Gasteiger partial charge in [0.05, 0.1) is 5.92 Å². The van der Waals surface area contributed by atoms with Gasteiger partial charge in [-0.1, -0.05) is 44.2 Å². The Morgan fingerprint density at radius 2 is 1.94 bits per heavy atom. The van der Waals surface area contributed by atoms with E-state index in [0.29, 0.717) is 11.8 Å². The number of hydrogen-bond acceptors (Lipinski definition) is 1. The SMILES string of the molecule is CC(C(=O)O)C(C)C1CC1c1ccccc1. The Labute approximate surface area is 96.3 Å². The van der Waals surface area contributed by atoms with Crippen LogP contribution in [0.25, 0.3) is 0 Å². The highest BCUT2D eigenvalue weighted by molar-refractivity contribution is 5.70. The maximum atomic E-state index is 10.9. The van der Waals surface area contributed by atoms with Gasteiger partial charge in [0, 0.05) is 0 Å². The van der Waals surface area contributed by atoms with E-state index in [1.807, 2.05) is 13.0 Å². The van der Waals surface area contributed by atoms with E-state index in [0.717, 1.165) is 6.42 Å². The molecule has 0 saturated heterocycles. The summed E-state index contributed by atoms with van der Waals surface area (Å²) >= 11 is 0. The highest BCUT2D eigenvalue weighted by atomic mass is 16.4. The zero-order valence-corrected chi connectivity index (χ0v) is 9.76. The molecule has 0 radical (unpaired) electrons. The lowest BCUT2D eigenvalue weighted by molar-refractivity contribution is -0.143. The Bertz CT molecular complexity index is 372. The lowest BCUT2D eigenvalue weighted by Crippen LogP contribution is -2.20. The summed E-state index contributed by atoms with van der Waals surface area (Å²) in [7, 11) is 0. The van der Waals surface area contributed by atoms with E-state index < -0.39 is 5.97 Å². The van der Waals surface area contributed by atoms with E-state index >= 15 is 0 Å². The first-order valence-corrected chi connectivity index (χ1v) is 5.89. The molecule has 0 spiro atoms. The highest BCUT2D eigenvalue weighted by Crippen LogP contribution is 2.53. The van der Waals surface area contributed by atoms with Crippen LogP contribution in [0.5, 0.6) is 0 Å². The summed E-state index contributed by atoms with van der Waals surface area (Å²) in [6, 6.07) is 10.4. The molecule has 16 heavy (non-hydrogen) atoms. The predicted molar refractivity (Wildman–Crippen MR) is 63.3 cm³/mol. The van der Waals surface area contributed by atoms with Gasteiger partial charge >= 0.3 is 5.97 Å². The molecule has 1 aliphatic carbocycles. The standard InChI is InChI=1S/C14H18O2/c1-9(10(2)14(15)16)12-8-13(12)11-6-4-3-5-7-11/h3-7,9-10,12-13H,8H2,1-2H3,(H,15,16). The van der Waals surface area contributed by atoms with E-state index in [4.69, 9.17) is 5.11 Å². The number of benzene rings is 1. The maximum Gasteiger partial charge on any atom is 0.306 e. The minimum absolute atomic E-state index is 0.237. The fourth-order valence-corrected chi connectivity index (χ4v) is 2.47. The third-order valence-corrected chi connectivity index (χ3v) is 3.92. The lowest BCUT2D eigenvalue weighted by atomic mass is 9.89. The van der Waals surface area contributed by atoms with E-state index in [-0.39, 0.29) is 11.8 Å². The average molecular weight is 218 g/mol. The molecule has 0 bridgehead atoms. The summed E-state index contributed by atoms with van der Waals surface area (Å²) in [5.74, 6) is 0.485. The summed E-state index contributed by atoms with van der Waals surface area (Å²) in [5.41, 5.74) is 1.36. The van der Waals surface area contributed by atoms with Crippen LogP contribution in [0.4, 0.5) is 0 Å². The Hall–Kier alpha value is -1.31. The predicted octanol–water partition coefficient (Wildman–Crippen LogP) is 3.15. The van der Waals surface area contributed by atoms with Gasteiger partial charge in [-0.3, -0.25) is 4.79 Å². The maximum absolute atomic E-state index is 10.9. The summed E-state index contributed by atoms with van der Waals surface area (Å²) in [6.45, 7) is 3.87. The fraction of sp³-hybridized carbons (Fsp3) is 0.500. The minimum atomic E-state index is -0.675. The van der Waals surface area contributed by atoms with Crippen LogP contribution in [0.15, 0.2) is 30.3 Å². The lowest BCUT2D eigenvalue weighted by Gasteiger charge is -2.15. The topological polar surface area (TPSA) is 37.3 Å². The van der Waals surface area contributed by atoms with Crippen molar-refractivity contribution in [3.05, 3.63) is 35.9 Å². The molecule has 1 aliphatic rings. The van der Waals surface area contributed by atoms with Crippen LogP contribution in [0, 0.1) is 17.8 Å². The van der Waals surface area contributed by atoms with Crippen molar-refractivity contribution in [3.63, 3.8) is 0 Å². The van der Waals surface area contributed by atoms with E-state index in [1.54, 1.807) is 0 Å². The van der Waals surface area contributed by atoms with Crippen molar-refractivity contribution in [3.8, 4) is 0 Å². The van der Waals surface area contributed by atoms with Gasteiger partial charge in [-0.05, 0) is 29.7 Å². The van der Waals surface area contributed by atoms with E-state index in [9.17, 15) is 4.79 Å². The van der Waals surface area contributed by atoms with Crippen molar-refractivity contribution in [1.29, 1.82) is 0 Å². The molecule has 2 heteroatoms. The van der Waals surface area contributed by atoms with Crippen LogP contribution >= 0.6 is 0 Å². The number of carbonyl (C=O) groups is 1. The molecule has 0 aliphatic heterocycles. The second-order valence-corrected chi connectivity index (χ2v) is 4.90. The van der Waals surface area contributed by atoms with Gasteiger partial charge < -0.3 is 5.11 Å². The van der Waals surface area contributed by atoms with Gasteiger partial charge in [0.1, 0.15) is 0 Å². The number of rotatable bonds is 4. The molecule has 86 valence electrons. The number of hydrogen-bond donors (Lipinski definition) is 1. The van der Waals surface area contributed by atoms with E-state index in [1.165, 1.54) is 5.56 Å². The highest BCUT2D eigenvalue weighted by Gasteiger charge is 2.44. The Kier molecular flexibility index (Phi) is 2.99. The average Bonchev–Trinajstić information content (AvgIpc) is 3.08. The summed E-state index contributed by atoms with van der Waals surface area (Å²) in [6.07, 6.45) is 1.14. The Morgan fingerprint density at radius 3 is 2.50 bits per heavy atom. The third-order valence-electron chi connectivity index (χ3n) is 3.92. The third kappa shape index (κ3) is 2.11. The van der Waals surface area contributed by atoms with Crippen molar-refractivity contribution in [2.24, 2.45) is 17.8 Å².